The van der Waals surface area contributed by atoms with Gasteiger partial charge in [0.2, 0.25) is 5.95 Å². The molecule has 35 heavy (non-hydrogen) atoms. The van der Waals surface area contributed by atoms with Crippen LogP contribution in [0.3, 0.4) is 0 Å². The Morgan fingerprint density at radius 3 is 2.71 bits per heavy atom. The smallest absolute Gasteiger partial charge is 0.223 e. The van der Waals surface area contributed by atoms with Gasteiger partial charge in [0.05, 0.1) is 16.3 Å². The SMILES string of the molecule is CN(C)CCNc1nccc(-c2cnccc2Oc2ccc(NSc3ccccc3Cl)cc2F)n1. The molecule has 7 nitrogen and oxygen atoms in total. The van der Waals surface area contributed by atoms with Gasteiger partial charge in [0.15, 0.2) is 11.6 Å². The van der Waals surface area contributed by atoms with E-state index in [-0.39, 0.29) is 5.75 Å². The molecule has 180 valence electrons. The van der Waals surface area contributed by atoms with Gasteiger partial charge in [-0.15, -0.1) is 0 Å². The number of anilines is 2. The summed E-state index contributed by atoms with van der Waals surface area (Å²) in [6.07, 6.45) is 4.88. The Bertz CT molecular complexity index is 1290. The van der Waals surface area contributed by atoms with E-state index in [1.54, 1.807) is 48.9 Å². The molecule has 2 heterocycles. The lowest BCUT2D eigenvalue weighted by atomic mass is 10.2. The minimum atomic E-state index is -0.508. The molecule has 0 amide bonds. The quantitative estimate of drug-likeness (QED) is 0.244. The molecule has 4 aromatic rings. The van der Waals surface area contributed by atoms with Crippen LogP contribution in [-0.2, 0) is 0 Å². The number of ether oxygens (including phenoxy) is 1. The van der Waals surface area contributed by atoms with Crippen LogP contribution in [0, 0.1) is 5.82 Å². The number of hydrogen-bond donors (Lipinski definition) is 2. The number of nitrogens with one attached hydrogen (secondary N) is 2. The summed E-state index contributed by atoms with van der Waals surface area (Å²) in [5, 5.41) is 3.82. The standard InChI is InChI=1S/C25H24ClFN6OS/c1-33(2)14-13-30-25-29-12-9-21(31-25)18-16-28-11-10-22(18)34-23-8-7-17(15-20(23)27)32-35-24-6-4-3-5-19(24)26/h3-12,15-16,32H,13-14H2,1-2H3,(H,29,30,31). The number of halogens is 2. The first-order valence-electron chi connectivity index (χ1n) is 10.8. The molecule has 2 aromatic heterocycles. The summed E-state index contributed by atoms with van der Waals surface area (Å²) in [4.78, 5) is 15.9. The van der Waals surface area contributed by atoms with E-state index in [1.165, 1.54) is 18.0 Å². The lowest BCUT2D eigenvalue weighted by molar-refractivity contribution is 0.425. The normalized spacial score (nSPS) is 10.9. The molecule has 0 aliphatic carbocycles. The van der Waals surface area contributed by atoms with Crippen molar-refractivity contribution in [3.8, 4) is 22.8 Å². The van der Waals surface area contributed by atoms with E-state index in [9.17, 15) is 4.39 Å². The highest BCUT2D eigenvalue weighted by molar-refractivity contribution is 8.00. The van der Waals surface area contributed by atoms with Gasteiger partial charge < -0.3 is 19.7 Å². The molecule has 0 aliphatic rings. The topological polar surface area (TPSA) is 75.2 Å². The Kier molecular flexibility index (Phi) is 8.36. The molecular weight excluding hydrogens is 487 g/mol. The van der Waals surface area contributed by atoms with Crippen molar-refractivity contribution >= 4 is 35.2 Å². The van der Waals surface area contributed by atoms with Crippen molar-refractivity contribution in [2.45, 2.75) is 4.90 Å². The van der Waals surface area contributed by atoms with E-state index >= 15 is 0 Å². The van der Waals surface area contributed by atoms with Gasteiger partial charge in [0.25, 0.3) is 0 Å². The number of benzene rings is 2. The first-order chi connectivity index (χ1) is 17.0. The van der Waals surface area contributed by atoms with E-state index < -0.39 is 5.82 Å². The fourth-order valence-corrected chi connectivity index (χ4v) is 3.97. The Morgan fingerprint density at radius 2 is 1.91 bits per heavy atom. The average molecular weight is 511 g/mol. The zero-order valence-electron chi connectivity index (χ0n) is 19.2. The van der Waals surface area contributed by atoms with Crippen molar-refractivity contribution in [1.82, 2.24) is 19.9 Å². The summed E-state index contributed by atoms with van der Waals surface area (Å²) < 4.78 is 23.9. The second-order valence-corrected chi connectivity index (χ2v) is 9.00. The van der Waals surface area contributed by atoms with Crippen LogP contribution in [0.5, 0.6) is 11.5 Å². The van der Waals surface area contributed by atoms with Gasteiger partial charge in [-0.2, -0.15) is 0 Å². The molecule has 0 saturated carbocycles. The average Bonchev–Trinajstić information content (AvgIpc) is 2.85. The molecule has 0 fully saturated rings. The van der Waals surface area contributed by atoms with Gasteiger partial charge in [0, 0.05) is 48.3 Å². The second kappa shape index (κ2) is 11.8. The van der Waals surface area contributed by atoms with Crippen LogP contribution in [0.4, 0.5) is 16.0 Å². The Labute approximate surface area is 212 Å². The predicted molar refractivity (Wildman–Crippen MR) is 140 cm³/mol. The molecule has 0 atom stereocenters. The molecule has 0 radical (unpaired) electrons. The zero-order chi connectivity index (χ0) is 24.6. The van der Waals surface area contributed by atoms with Crippen LogP contribution < -0.4 is 14.8 Å². The maximum absolute atomic E-state index is 14.9. The van der Waals surface area contributed by atoms with Crippen LogP contribution in [0.1, 0.15) is 0 Å². The van der Waals surface area contributed by atoms with Crippen molar-refractivity contribution in [3.63, 3.8) is 0 Å². The lowest BCUT2D eigenvalue weighted by Crippen LogP contribution is -2.21. The molecule has 0 unspecified atom stereocenters. The number of pyridine rings is 1. The van der Waals surface area contributed by atoms with Gasteiger partial charge in [-0.3, -0.25) is 4.98 Å². The third-order valence-corrected chi connectivity index (χ3v) is 6.18. The van der Waals surface area contributed by atoms with Gasteiger partial charge >= 0.3 is 0 Å². The first-order valence-corrected chi connectivity index (χ1v) is 12.0. The van der Waals surface area contributed by atoms with Gasteiger partial charge in [0.1, 0.15) is 5.75 Å². The Hall–Kier alpha value is -3.40. The fourth-order valence-electron chi connectivity index (χ4n) is 3.06. The Morgan fingerprint density at radius 1 is 1.06 bits per heavy atom. The minimum Gasteiger partial charge on any atom is -0.453 e. The van der Waals surface area contributed by atoms with Gasteiger partial charge in [-0.25, -0.2) is 14.4 Å². The van der Waals surface area contributed by atoms with Crippen molar-refractivity contribution in [2.24, 2.45) is 0 Å². The van der Waals surface area contributed by atoms with Crippen LogP contribution in [-0.4, -0.2) is 47.0 Å². The van der Waals surface area contributed by atoms with Crippen molar-refractivity contribution < 1.29 is 9.13 Å². The van der Waals surface area contributed by atoms with E-state index in [0.29, 0.717) is 40.2 Å². The number of likely N-dealkylation sites (N-methyl/N-ethyl adjacent to an activating group) is 1. The highest BCUT2D eigenvalue weighted by atomic mass is 35.5. The first kappa shape index (κ1) is 24.7. The molecule has 10 heteroatoms. The van der Waals surface area contributed by atoms with Crippen LogP contribution >= 0.6 is 23.5 Å². The van der Waals surface area contributed by atoms with E-state index in [1.807, 2.05) is 32.3 Å². The number of rotatable bonds is 10. The maximum Gasteiger partial charge on any atom is 0.223 e. The monoisotopic (exact) mass is 510 g/mol. The summed E-state index contributed by atoms with van der Waals surface area (Å²) in [6, 6.07) is 15.5. The third kappa shape index (κ3) is 6.82. The third-order valence-electron chi connectivity index (χ3n) is 4.82. The zero-order valence-corrected chi connectivity index (χ0v) is 20.8. The highest BCUT2D eigenvalue weighted by Gasteiger charge is 2.13. The number of nitrogens with zero attached hydrogens (tertiary/aromatic N) is 4. The predicted octanol–water partition coefficient (Wildman–Crippen LogP) is 6.22. The molecule has 0 spiro atoms. The minimum absolute atomic E-state index is 0.0872. The highest BCUT2D eigenvalue weighted by Crippen LogP contribution is 2.34. The van der Waals surface area contributed by atoms with Crippen molar-refractivity contribution in [2.75, 3.05) is 37.2 Å². The van der Waals surface area contributed by atoms with E-state index in [4.69, 9.17) is 16.3 Å². The van der Waals surface area contributed by atoms with Gasteiger partial charge in [-0.05, 0) is 62.4 Å². The fraction of sp³-hybridized carbons (Fsp3) is 0.160. The van der Waals surface area contributed by atoms with Crippen LogP contribution in [0.2, 0.25) is 5.02 Å². The van der Waals surface area contributed by atoms with Crippen molar-refractivity contribution in [1.29, 1.82) is 0 Å². The summed E-state index contributed by atoms with van der Waals surface area (Å²) in [6.45, 7) is 1.54. The molecular formula is C25H24ClFN6OS. The molecule has 2 aromatic carbocycles. The lowest BCUT2D eigenvalue weighted by Gasteiger charge is -2.13. The van der Waals surface area contributed by atoms with Crippen molar-refractivity contribution in [3.05, 3.63) is 84.0 Å². The van der Waals surface area contributed by atoms with E-state index in [2.05, 4.69) is 29.9 Å². The van der Waals surface area contributed by atoms with Crippen LogP contribution in [0.15, 0.2) is 78.1 Å². The second-order valence-electron chi connectivity index (χ2n) is 7.75. The molecule has 4 rings (SSSR count). The Balaban J connectivity index is 1.48. The van der Waals surface area contributed by atoms with E-state index in [0.717, 1.165) is 11.4 Å². The van der Waals surface area contributed by atoms with Crippen LogP contribution in [0.25, 0.3) is 11.3 Å². The summed E-state index contributed by atoms with van der Waals surface area (Å²) in [5.41, 5.74) is 1.82. The summed E-state index contributed by atoms with van der Waals surface area (Å²) >= 11 is 7.48. The number of hydrogen-bond acceptors (Lipinski definition) is 8. The number of aromatic nitrogens is 3. The maximum atomic E-state index is 14.9. The molecule has 2 N–H and O–H groups in total. The van der Waals surface area contributed by atoms with Gasteiger partial charge in [-0.1, -0.05) is 23.7 Å². The summed E-state index contributed by atoms with van der Waals surface area (Å²) in [7, 11) is 4.00. The molecule has 0 aliphatic heterocycles. The summed E-state index contributed by atoms with van der Waals surface area (Å²) in [5.74, 6) is 0.509. The molecule has 0 saturated heterocycles. The molecule has 0 bridgehead atoms. The largest absolute Gasteiger partial charge is 0.453 e.